The molecule has 0 saturated carbocycles. The first-order chi connectivity index (χ1) is 17.1. The van der Waals surface area contributed by atoms with Crippen LogP contribution in [0.1, 0.15) is 21.5 Å². The molecule has 0 spiro atoms. The van der Waals surface area contributed by atoms with E-state index in [2.05, 4.69) is 16.3 Å². The zero-order valence-corrected chi connectivity index (χ0v) is 20.0. The van der Waals surface area contributed by atoms with E-state index >= 15 is 0 Å². The molecule has 2 heterocycles. The molecule has 0 atom stereocenters. The molecule has 35 heavy (non-hydrogen) atoms. The number of ether oxygens (including phenoxy) is 1. The molecule has 3 aromatic carbocycles. The lowest BCUT2D eigenvalue weighted by Crippen LogP contribution is -2.04. The van der Waals surface area contributed by atoms with Gasteiger partial charge in [0.2, 0.25) is 0 Å². The largest absolute Gasteiger partial charge is 0.497 e. The molecule has 170 valence electrons. The maximum atomic E-state index is 12.9. The Hall–Kier alpha value is -4.28. The van der Waals surface area contributed by atoms with Crippen molar-refractivity contribution in [2.24, 2.45) is 0 Å². The standard InChI is InChI=1S/C28H20N4O2S/c1-17-7-9-19(10-8-17)25-22(15-29)28(35-16-24(33)18-11-13-20(34-2)14-12-18)30-26-21-5-3-4-6-23(21)31-32-27(25)26/h3-14H,16H2,1-2H3. The second kappa shape index (κ2) is 9.53. The van der Waals surface area contributed by atoms with Gasteiger partial charge in [0.05, 0.1) is 23.9 Å². The minimum atomic E-state index is -0.0574. The number of thioether (sulfide) groups is 1. The summed E-state index contributed by atoms with van der Waals surface area (Å²) in [6.07, 6.45) is 0. The van der Waals surface area contributed by atoms with Crippen molar-refractivity contribution in [1.29, 1.82) is 5.26 Å². The average molecular weight is 477 g/mol. The quantitative estimate of drug-likeness (QED) is 0.168. The van der Waals surface area contributed by atoms with E-state index in [1.807, 2.05) is 55.5 Å². The molecule has 0 unspecified atom stereocenters. The molecule has 0 aliphatic carbocycles. The molecule has 0 bridgehead atoms. The number of nitriles is 1. The molecular weight excluding hydrogens is 456 g/mol. The van der Waals surface area contributed by atoms with E-state index in [1.54, 1.807) is 31.4 Å². The number of pyridine rings is 1. The molecule has 7 heteroatoms. The Bertz CT molecular complexity index is 1610. The van der Waals surface area contributed by atoms with Gasteiger partial charge in [0, 0.05) is 16.5 Å². The van der Waals surface area contributed by atoms with E-state index in [4.69, 9.17) is 9.72 Å². The third kappa shape index (κ3) is 4.32. The molecule has 6 nitrogen and oxygen atoms in total. The summed E-state index contributed by atoms with van der Waals surface area (Å²) in [5.41, 5.74) is 5.55. The Kier molecular flexibility index (Phi) is 6.13. The number of rotatable bonds is 6. The minimum Gasteiger partial charge on any atom is -0.497 e. The molecule has 0 radical (unpaired) electrons. The average Bonchev–Trinajstić information content (AvgIpc) is 2.91. The number of nitrogens with zero attached hydrogens (tertiary/aromatic N) is 4. The first-order valence-corrected chi connectivity index (χ1v) is 11.9. The highest BCUT2D eigenvalue weighted by atomic mass is 32.2. The van der Waals surface area contributed by atoms with Gasteiger partial charge in [-0.25, -0.2) is 4.98 Å². The summed E-state index contributed by atoms with van der Waals surface area (Å²) in [5, 5.41) is 20.4. The van der Waals surface area contributed by atoms with Crippen molar-refractivity contribution in [3.63, 3.8) is 0 Å². The Morgan fingerprint density at radius 2 is 1.71 bits per heavy atom. The van der Waals surface area contributed by atoms with Crippen molar-refractivity contribution in [1.82, 2.24) is 15.2 Å². The van der Waals surface area contributed by atoms with Crippen LogP contribution in [0.4, 0.5) is 0 Å². The first-order valence-electron chi connectivity index (χ1n) is 11.0. The molecule has 5 aromatic rings. The summed E-state index contributed by atoms with van der Waals surface area (Å²) in [4.78, 5) is 17.7. The fourth-order valence-corrected chi connectivity index (χ4v) is 4.79. The van der Waals surface area contributed by atoms with Crippen LogP contribution in [0.3, 0.4) is 0 Å². The van der Waals surface area contributed by atoms with Gasteiger partial charge in [-0.15, -0.1) is 10.2 Å². The zero-order chi connectivity index (χ0) is 24.4. The molecule has 0 saturated heterocycles. The number of aromatic nitrogens is 3. The first kappa shape index (κ1) is 22.5. The highest BCUT2D eigenvalue weighted by Crippen LogP contribution is 2.37. The van der Waals surface area contributed by atoms with Crippen molar-refractivity contribution >= 4 is 39.5 Å². The lowest BCUT2D eigenvalue weighted by atomic mass is 9.98. The van der Waals surface area contributed by atoms with Crippen molar-refractivity contribution in [2.75, 3.05) is 12.9 Å². The van der Waals surface area contributed by atoms with Gasteiger partial charge in [-0.05, 0) is 42.8 Å². The second-order valence-corrected chi connectivity index (χ2v) is 8.96. The van der Waals surface area contributed by atoms with Crippen molar-refractivity contribution < 1.29 is 9.53 Å². The van der Waals surface area contributed by atoms with Crippen LogP contribution in [0.5, 0.6) is 5.75 Å². The van der Waals surface area contributed by atoms with Gasteiger partial charge in [-0.2, -0.15) is 5.26 Å². The van der Waals surface area contributed by atoms with Gasteiger partial charge in [-0.1, -0.05) is 59.8 Å². The Balaban J connectivity index is 1.64. The number of Topliss-reactive ketones (excluding diaryl/α,β-unsaturated/α-hetero) is 1. The summed E-state index contributed by atoms with van der Waals surface area (Å²) in [6.45, 7) is 2.01. The minimum absolute atomic E-state index is 0.0574. The third-order valence-corrected chi connectivity index (χ3v) is 6.73. The molecule has 0 aliphatic rings. The summed E-state index contributed by atoms with van der Waals surface area (Å²) in [7, 11) is 1.58. The topological polar surface area (TPSA) is 88.8 Å². The molecule has 0 aliphatic heterocycles. The number of fused-ring (bicyclic) bond motifs is 3. The predicted molar refractivity (Wildman–Crippen MR) is 138 cm³/mol. The lowest BCUT2D eigenvalue weighted by Gasteiger charge is -2.13. The van der Waals surface area contributed by atoms with E-state index in [0.29, 0.717) is 38.5 Å². The van der Waals surface area contributed by atoms with Crippen LogP contribution in [-0.2, 0) is 0 Å². The van der Waals surface area contributed by atoms with Crippen LogP contribution in [0, 0.1) is 18.3 Å². The number of carbonyl (C=O) groups is 1. The van der Waals surface area contributed by atoms with Gasteiger partial charge in [0.15, 0.2) is 5.78 Å². The summed E-state index contributed by atoms with van der Waals surface area (Å²) < 4.78 is 5.17. The number of hydrogen-bond acceptors (Lipinski definition) is 7. The lowest BCUT2D eigenvalue weighted by molar-refractivity contribution is 0.102. The summed E-state index contributed by atoms with van der Waals surface area (Å²) in [5.74, 6) is 0.773. The zero-order valence-electron chi connectivity index (χ0n) is 19.1. The van der Waals surface area contributed by atoms with Gasteiger partial charge < -0.3 is 4.74 Å². The Morgan fingerprint density at radius 3 is 2.43 bits per heavy atom. The fraction of sp³-hybridized carbons (Fsp3) is 0.107. The van der Waals surface area contributed by atoms with E-state index in [0.717, 1.165) is 22.0 Å². The van der Waals surface area contributed by atoms with Gasteiger partial charge in [0.25, 0.3) is 0 Å². The maximum Gasteiger partial charge on any atom is 0.173 e. The normalized spacial score (nSPS) is 10.9. The number of ketones is 1. The van der Waals surface area contributed by atoms with Gasteiger partial charge in [-0.3, -0.25) is 4.79 Å². The van der Waals surface area contributed by atoms with E-state index in [-0.39, 0.29) is 11.5 Å². The smallest absolute Gasteiger partial charge is 0.173 e. The maximum absolute atomic E-state index is 12.9. The second-order valence-electron chi connectivity index (χ2n) is 8.00. The Labute approximate surface area is 206 Å². The molecule has 5 rings (SSSR count). The fourth-order valence-electron chi connectivity index (χ4n) is 3.91. The van der Waals surface area contributed by atoms with E-state index < -0.39 is 0 Å². The molecule has 0 fully saturated rings. The van der Waals surface area contributed by atoms with Crippen molar-refractivity contribution in [3.05, 3.63) is 89.5 Å². The number of hydrogen-bond donors (Lipinski definition) is 0. The molecule has 0 amide bonds. The number of methoxy groups -OCH3 is 1. The van der Waals surface area contributed by atoms with E-state index in [1.165, 1.54) is 11.8 Å². The number of aryl methyl sites for hydroxylation is 1. The summed E-state index contributed by atoms with van der Waals surface area (Å²) >= 11 is 1.26. The third-order valence-electron chi connectivity index (χ3n) is 5.76. The van der Waals surface area contributed by atoms with Crippen LogP contribution in [0.15, 0.2) is 77.8 Å². The number of benzene rings is 3. The van der Waals surface area contributed by atoms with Gasteiger partial charge >= 0.3 is 0 Å². The molecule has 0 N–H and O–H groups in total. The monoisotopic (exact) mass is 476 g/mol. The van der Waals surface area contributed by atoms with E-state index in [9.17, 15) is 10.1 Å². The highest BCUT2D eigenvalue weighted by Gasteiger charge is 2.21. The number of carbonyl (C=O) groups excluding carboxylic acids is 1. The van der Waals surface area contributed by atoms with Crippen LogP contribution in [0.2, 0.25) is 0 Å². The van der Waals surface area contributed by atoms with Gasteiger partial charge in [0.1, 0.15) is 27.9 Å². The van der Waals surface area contributed by atoms with Crippen LogP contribution >= 0.6 is 11.8 Å². The predicted octanol–water partition coefficient (Wildman–Crippen LogP) is 6.01. The summed E-state index contributed by atoms with van der Waals surface area (Å²) in [6, 6.07) is 24.9. The SMILES string of the molecule is COc1ccc(C(=O)CSc2nc3c(nnc4ccccc43)c(-c3ccc(C)cc3)c2C#N)cc1. The van der Waals surface area contributed by atoms with Crippen LogP contribution < -0.4 is 4.74 Å². The van der Waals surface area contributed by atoms with Crippen LogP contribution in [-0.4, -0.2) is 33.8 Å². The Morgan fingerprint density at radius 1 is 0.971 bits per heavy atom. The highest BCUT2D eigenvalue weighted by molar-refractivity contribution is 8.00. The molecule has 2 aromatic heterocycles. The van der Waals surface area contributed by atoms with Crippen molar-refractivity contribution in [3.8, 4) is 22.9 Å². The van der Waals surface area contributed by atoms with Crippen molar-refractivity contribution in [2.45, 2.75) is 11.9 Å². The van der Waals surface area contributed by atoms with Crippen LogP contribution in [0.25, 0.3) is 33.1 Å². The molecular formula is C28H20N4O2S.